The van der Waals surface area contributed by atoms with Gasteiger partial charge in [-0.25, -0.2) is 13.2 Å². The molecule has 0 spiro atoms. The van der Waals surface area contributed by atoms with Crippen molar-refractivity contribution < 1.29 is 17.9 Å². The zero-order chi connectivity index (χ0) is 18.4. The molecule has 1 N–H and O–H groups in total. The number of nitrogens with zero attached hydrogens (tertiary/aromatic N) is 1. The van der Waals surface area contributed by atoms with E-state index in [1.165, 1.54) is 18.3 Å². The third kappa shape index (κ3) is 4.46. The number of sulfonamides is 1. The number of ether oxygens (including phenoxy) is 1. The highest BCUT2D eigenvalue weighted by Crippen LogP contribution is 2.15. The van der Waals surface area contributed by atoms with Crippen LogP contribution in [-0.2, 0) is 21.4 Å². The first kappa shape index (κ1) is 17.6. The second kappa shape index (κ2) is 7.79. The number of hydrogen-bond donors (Lipinski definition) is 1. The molecular weight excluding hydrogens is 352 g/mol. The summed E-state index contributed by atoms with van der Waals surface area (Å²) in [7, 11) is -3.66. The van der Waals surface area contributed by atoms with E-state index >= 15 is 0 Å². The lowest BCUT2D eigenvalue weighted by molar-refractivity contribution is 0.0468. The molecule has 0 amide bonds. The van der Waals surface area contributed by atoms with Crippen molar-refractivity contribution in [3.8, 4) is 0 Å². The van der Waals surface area contributed by atoms with Crippen molar-refractivity contribution in [1.29, 1.82) is 0 Å². The molecule has 0 fully saturated rings. The first-order valence-corrected chi connectivity index (χ1v) is 9.28. The first-order chi connectivity index (χ1) is 12.5. The largest absolute Gasteiger partial charge is 0.456 e. The molecule has 0 unspecified atom stereocenters. The molecular formula is C19H16N2O4S. The molecule has 3 aromatic rings. The van der Waals surface area contributed by atoms with Crippen LogP contribution in [0.15, 0.2) is 83.9 Å². The van der Waals surface area contributed by atoms with E-state index in [1.54, 1.807) is 54.6 Å². The Bertz CT molecular complexity index is 973. The Hall–Kier alpha value is -3.19. The second-order valence-corrected chi connectivity index (χ2v) is 7.08. The third-order valence-corrected chi connectivity index (χ3v) is 4.89. The van der Waals surface area contributed by atoms with Crippen LogP contribution in [0.2, 0.25) is 0 Å². The van der Waals surface area contributed by atoms with Crippen LogP contribution in [-0.4, -0.2) is 19.4 Å². The van der Waals surface area contributed by atoms with Crippen molar-refractivity contribution in [2.75, 3.05) is 4.72 Å². The zero-order valence-corrected chi connectivity index (χ0v) is 14.5. The number of rotatable bonds is 6. The molecule has 0 aliphatic rings. The molecule has 0 aliphatic carbocycles. The van der Waals surface area contributed by atoms with Gasteiger partial charge < -0.3 is 4.74 Å². The lowest BCUT2D eigenvalue weighted by atomic mass is 10.2. The molecule has 6 nitrogen and oxygen atoms in total. The SMILES string of the molecule is O=C(OCc1ccc(NS(=O)(=O)c2ccccc2)cn1)c1ccccc1. The number of nitrogens with one attached hydrogen (secondary N) is 1. The van der Waals surface area contributed by atoms with Crippen LogP contribution in [0.4, 0.5) is 5.69 Å². The van der Waals surface area contributed by atoms with Crippen molar-refractivity contribution in [3.05, 3.63) is 90.3 Å². The van der Waals surface area contributed by atoms with Gasteiger partial charge in [-0.3, -0.25) is 9.71 Å². The molecule has 0 saturated carbocycles. The molecule has 1 aromatic heterocycles. The summed E-state index contributed by atoms with van der Waals surface area (Å²) in [6.45, 7) is -0.000553. The topological polar surface area (TPSA) is 85.4 Å². The predicted octanol–water partition coefficient (Wildman–Crippen LogP) is 3.24. The highest BCUT2D eigenvalue weighted by Gasteiger charge is 2.13. The van der Waals surface area contributed by atoms with Crippen LogP contribution in [0.1, 0.15) is 16.1 Å². The maximum absolute atomic E-state index is 12.3. The van der Waals surface area contributed by atoms with Crippen molar-refractivity contribution in [1.82, 2.24) is 4.98 Å². The Morgan fingerprint density at radius 1 is 0.923 bits per heavy atom. The van der Waals surface area contributed by atoms with Crippen LogP contribution in [0.3, 0.4) is 0 Å². The van der Waals surface area contributed by atoms with Crippen LogP contribution in [0, 0.1) is 0 Å². The normalized spacial score (nSPS) is 10.9. The molecule has 0 radical (unpaired) electrons. The standard InChI is InChI=1S/C19H16N2O4S/c22-19(15-7-3-1-4-8-15)25-14-17-12-11-16(13-20-17)21-26(23,24)18-9-5-2-6-10-18/h1-13,21H,14H2. The molecule has 1 heterocycles. The Kier molecular flexibility index (Phi) is 5.28. The van der Waals surface area contributed by atoms with Gasteiger partial charge in [0.25, 0.3) is 10.0 Å². The zero-order valence-electron chi connectivity index (χ0n) is 13.7. The Morgan fingerprint density at radius 2 is 1.58 bits per heavy atom. The van der Waals surface area contributed by atoms with Gasteiger partial charge in [0.05, 0.1) is 28.0 Å². The molecule has 26 heavy (non-hydrogen) atoms. The highest BCUT2D eigenvalue weighted by atomic mass is 32.2. The number of carbonyl (C=O) groups is 1. The Labute approximate surface area is 151 Å². The van der Waals surface area contributed by atoms with Crippen molar-refractivity contribution in [3.63, 3.8) is 0 Å². The molecule has 2 aromatic carbocycles. The Balaban J connectivity index is 1.61. The van der Waals surface area contributed by atoms with E-state index in [4.69, 9.17) is 4.74 Å². The van der Waals surface area contributed by atoms with E-state index < -0.39 is 16.0 Å². The van der Waals surface area contributed by atoms with Crippen LogP contribution in [0.25, 0.3) is 0 Å². The van der Waals surface area contributed by atoms with Gasteiger partial charge in [-0.1, -0.05) is 36.4 Å². The average molecular weight is 368 g/mol. The highest BCUT2D eigenvalue weighted by molar-refractivity contribution is 7.92. The van der Waals surface area contributed by atoms with E-state index in [-0.39, 0.29) is 11.5 Å². The van der Waals surface area contributed by atoms with Crippen LogP contribution in [0.5, 0.6) is 0 Å². The minimum atomic E-state index is -3.66. The summed E-state index contributed by atoms with van der Waals surface area (Å²) in [6.07, 6.45) is 1.38. The van der Waals surface area contributed by atoms with Gasteiger partial charge in [-0.05, 0) is 36.4 Å². The molecule has 3 rings (SSSR count). The van der Waals surface area contributed by atoms with E-state index in [0.29, 0.717) is 16.9 Å². The lowest BCUT2D eigenvalue weighted by Gasteiger charge is -2.09. The molecule has 0 bridgehead atoms. The summed E-state index contributed by atoms with van der Waals surface area (Å²) in [5, 5.41) is 0. The van der Waals surface area contributed by atoms with Crippen molar-refractivity contribution >= 4 is 21.7 Å². The third-order valence-electron chi connectivity index (χ3n) is 3.49. The second-order valence-electron chi connectivity index (χ2n) is 5.40. The summed E-state index contributed by atoms with van der Waals surface area (Å²) in [6, 6.07) is 19.9. The molecule has 0 aliphatic heterocycles. The minimum Gasteiger partial charge on any atom is -0.456 e. The number of anilines is 1. The molecule has 0 saturated heterocycles. The number of benzene rings is 2. The quantitative estimate of drug-likeness (QED) is 0.675. The van der Waals surface area contributed by atoms with E-state index in [1.807, 2.05) is 6.07 Å². The van der Waals surface area contributed by atoms with E-state index in [9.17, 15) is 13.2 Å². The van der Waals surface area contributed by atoms with Gasteiger partial charge >= 0.3 is 5.97 Å². The number of carbonyl (C=O) groups excluding carboxylic acids is 1. The predicted molar refractivity (Wildman–Crippen MR) is 97.0 cm³/mol. The van der Waals surface area contributed by atoms with Crippen LogP contribution < -0.4 is 4.72 Å². The van der Waals surface area contributed by atoms with Gasteiger partial charge in [0.2, 0.25) is 0 Å². The molecule has 0 atom stereocenters. The first-order valence-electron chi connectivity index (χ1n) is 7.79. The molecule has 7 heteroatoms. The van der Waals surface area contributed by atoms with Gasteiger partial charge in [-0.2, -0.15) is 0 Å². The fourth-order valence-electron chi connectivity index (χ4n) is 2.18. The summed E-state index contributed by atoms with van der Waals surface area (Å²) < 4.78 is 32.1. The van der Waals surface area contributed by atoms with Gasteiger partial charge in [-0.15, -0.1) is 0 Å². The van der Waals surface area contributed by atoms with E-state index in [2.05, 4.69) is 9.71 Å². The summed E-state index contributed by atoms with van der Waals surface area (Å²) in [5.74, 6) is -0.443. The summed E-state index contributed by atoms with van der Waals surface area (Å²) in [5.41, 5.74) is 1.30. The average Bonchev–Trinajstić information content (AvgIpc) is 2.68. The van der Waals surface area contributed by atoms with Gasteiger partial charge in [0.15, 0.2) is 0 Å². The maximum atomic E-state index is 12.3. The van der Waals surface area contributed by atoms with Gasteiger partial charge in [0, 0.05) is 0 Å². The van der Waals surface area contributed by atoms with Crippen molar-refractivity contribution in [2.45, 2.75) is 11.5 Å². The number of pyridine rings is 1. The number of hydrogen-bond acceptors (Lipinski definition) is 5. The molecule has 132 valence electrons. The summed E-state index contributed by atoms with van der Waals surface area (Å²) in [4.78, 5) is 16.2. The Morgan fingerprint density at radius 3 is 2.19 bits per heavy atom. The van der Waals surface area contributed by atoms with Gasteiger partial charge in [0.1, 0.15) is 6.61 Å². The van der Waals surface area contributed by atoms with Crippen molar-refractivity contribution in [2.24, 2.45) is 0 Å². The fourth-order valence-corrected chi connectivity index (χ4v) is 3.25. The summed E-state index contributed by atoms with van der Waals surface area (Å²) >= 11 is 0. The minimum absolute atomic E-state index is 0.000553. The number of aromatic nitrogens is 1. The number of esters is 1. The lowest BCUT2D eigenvalue weighted by Crippen LogP contribution is -2.13. The maximum Gasteiger partial charge on any atom is 0.338 e. The monoisotopic (exact) mass is 368 g/mol. The van der Waals surface area contributed by atoms with E-state index in [0.717, 1.165) is 0 Å². The van der Waals surface area contributed by atoms with Crippen LogP contribution >= 0.6 is 0 Å². The fraction of sp³-hybridized carbons (Fsp3) is 0.0526. The smallest absolute Gasteiger partial charge is 0.338 e.